The summed E-state index contributed by atoms with van der Waals surface area (Å²) >= 11 is 0. The third kappa shape index (κ3) is 2.31. The summed E-state index contributed by atoms with van der Waals surface area (Å²) in [5, 5.41) is 1.65. The van der Waals surface area contributed by atoms with Gasteiger partial charge in [-0.25, -0.2) is 0 Å². The van der Waals surface area contributed by atoms with E-state index < -0.39 is 0 Å². The van der Waals surface area contributed by atoms with Gasteiger partial charge in [0, 0.05) is 16.9 Å². The van der Waals surface area contributed by atoms with Crippen molar-refractivity contribution in [3.8, 4) is 17.5 Å². The van der Waals surface area contributed by atoms with Gasteiger partial charge in [0.25, 0.3) is 5.56 Å². The molecule has 0 aliphatic rings. The van der Waals surface area contributed by atoms with Gasteiger partial charge in [0.1, 0.15) is 0 Å². The van der Waals surface area contributed by atoms with Gasteiger partial charge >= 0.3 is 0 Å². The Morgan fingerprint density at radius 2 is 1.82 bits per heavy atom. The smallest absolute Gasteiger partial charge is 0.264 e. The lowest BCUT2D eigenvalue weighted by Gasteiger charge is -2.14. The molecule has 0 spiro atoms. The predicted octanol–water partition coefficient (Wildman–Crippen LogP) is 3.92. The fourth-order valence-corrected chi connectivity index (χ4v) is 2.77. The SMILES string of the molecule is CC#Cc1cccc2cc(CC)n(-c3ccccc3)c(=O)c12. The van der Waals surface area contributed by atoms with Crippen molar-refractivity contribution in [2.45, 2.75) is 20.3 Å². The molecule has 2 heteroatoms. The van der Waals surface area contributed by atoms with E-state index in [1.807, 2.05) is 48.5 Å². The molecular formula is C20H17NO. The number of aryl methyl sites for hydroxylation is 1. The number of aromatic nitrogens is 1. The van der Waals surface area contributed by atoms with Crippen LogP contribution in [0.4, 0.5) is 0 Å². The number of hydrogen-bond donors (Lipinski definition) is 0. The molecule has 0 unspecified atom stereocenters. The number of nitrogens with zero attached hydrogens (tertiary/aromatic N) is 1. The second-order valence-electron chi connectivity index (χ2n) is 5.11. The molecule has 1 heterocycles. The topological polar surface area (TPSA) is 22.0 Å². The van der Waals surface area contributed by atoms with E-state index in [0.717, 1.165) is 28.8 Å². The molecule has 22 heavy (non-hydrogen) atoms. The van der Waals surface area contributed by atoms with Crippen molar-refractivity contribution >= 4 is 10.8 Å². The second-order valence-corrected chi connectivity index (χ2v) is 5.11. The van der Waals surface area contributed by atoms with Crippen LogP contribution in [-0.4, -0.2) is 4.57 Å². The van der Waals surface area contributed by atoms with Gasteiger partial charge in [0.05, 0.1) is 5.39 Å². The molecule has 2 nitrogen and oxygen atoms in total. The molecule has 3 rings (SSSR count). The van der Waals surface area contributed by atoms with E-state index in [9.17, 15) is 4.79 Å². The fourth-order valence-electron chi connectivity index (χ4n) is 2.77. The summed E-state index contributed by atoms with van der Waals surface area (Å²) in [5.41, 5.74) is 2.69. The van der Waals surface area contributed by atoms with Crippen LogP contribution >= 0.6 is 0 Å². The Balaban J connectivity index is 2.46. The third-order valence-corrected chi connectivity index (χ3v) is 3.76. The lowest BCUT2D eigenvalue weighted by molar-refractivity contribution is 0.889. The average molecular weight is 287 g/mol. The fraction of sp³-hybridized carbons (Fsp3) is 0.150. The first-order valence-electron chi connectivity index (χ1n) is 7.42. The number of pyridine rings is 1. The molecule has 2 aromatic carbocycles. The Bertz CT molecular complexity index is 940. The van der Waals surface area contributed by atoms with E-state index in [4.69, 9.17) is 0 Å². The summed E-state index contributed by atoms with van der Waals surface area (Å²) in [4.78, 5) is 13.1. The Morgan fingerprint density at radius 1 is 1.05 bits per heavy atom. The molecule has 0 fully saturated rings. The van der Waals surface area contributed by atoms with Gasteiger partial charge in [-0.2, -0.15) is 0 Å². The van der Waals surface area contributed by atoms with Gasteiger partial charge in [-0.1, -0.05) is 43.2 Å². The van der Waals surface area contributed by atoms with Crippen molar-refractivity contribution < 1.29 is 0 Å². The van der Waals surface area contributed by atoms with E-state index in [1.54, 1.807) is 11.5 Å². The van der Waals surface area contributed by atoms with Gasteiger partial charge in [-0.05, 0) is 43.0 Å². The lowest BCUT2D eigenvalue weighted by Crippen LogP contribution is -2.22. The van der Waals surface area contributed by atoms with Gasteiger partial charge in [0.2, 0.25) is 0 Å². The maximum atomic E-state index is 13.1. The zero-order valence-corrected chi connectivity index (χ0v) is 12.8. The summed E-state index contributed by atoms with van der Waals surface area (Å²) in [6.07, 6.45) is 0.795. The second kappa shape index (κ2) is 5.91. The Labute approximate surface area is 130 Å². The minimum absolute atomic E-state index is 0.00102. The van der Waals surface area contributed by atoms with E-state index in [1.165, 1.54) is 0 Å². The number of para-hydroxylation sites is 1. The minimum Gasteiger partial charge on any atom is -0.281 e. The normalized spacial score (nSPS) is 10.3. The van der Waals surface area contributed by atoms with E-state index >= 15 is 0 Å². The number of hydrogen-bond acceptors (Lipinski definition) is 1. The average Bonchev–Trinajstić information content (AvgIpc) is 2.55. The highest BCUT2D eigenvalue weighted by Gasteiger charge is 2.12. The largest absolute Gasteiger partial charge is 0.281 e. The minimum atomic E-state index is -0.00102. The molecule has 1 aromatic heterocycles. The maximum absolute atomic E-state index is 13.1. The first-order valence-corrected chi connectivity index (χ1v) is 7.42. The highest BCUT2D eigenvalue weighted by Crippen LogP contribution is 2.19. The van der Waals surface area contributed by atoms with Crippen molar-refractivity contribution in [3.63, 3.8) is 0 Å². The molecule has 0 N–H and O–H groups in total. The lowest BCUT2D eigenvalue weighted by atomic mass is 10.0. The molecule has 0 atom stereocenters. The standard InChI is InChI=1S/C20H17NO/c1-3-9-15-10-8-11-16-14-17(4-2)21(20(22)19(15)16)18-12-6-5-7-13-18/h5-8,10-14H,4H2,1-2H3. The van der Waals surface area contributed by atoms with E-state index in [2.05, 4.69) is 24.8 Å². The Hall–Kier alpha value is -2.79. The van der Waals surface area contributed by atoms with Crippen molar-refractivity contribution in [2.24, 2.45) is 0 Å². The van der Waals surface area contributed by atoms with Crippen molar-refractivity contribution in [2.75, 3.05) is 0 Å². The zero-order valence-electron chi connectivity index (χ0n) is 12.8. The Kier molecular flexibility index (Phi) is 3.80. The van der Waals surface area contributed by atoms with Gasteiger partial charge in [-0.3, -0.25) is 9.36 Å². The monoisotopic (exact) mass is 287 g/mol. The van der Waals surface area contributed by atoms with E-state index in [0.29, 0.717) is 5.39 Å². The van der Waals surface area contributed by atoms with Crippen LogP contribution in [0.25, 0.3) is 16.5 Å². The van der Waals surface area contributed by atoms with Gasteiger partial charge < -0.3 is 0 Å². The van der Waals surface area contributed by atoms with Crippen molar-refractivity contribution in [1.29, 1.82) is 0 Å². The number of rotatable bonds is 2. The molecule has 0 aliphatic carbocycles. The zero-order chi connectivity index (χ0) is 15.5. The molecular weight excluding hydrogens is 270 g/mol. The van der Waals surface area contributed by atoms with Crippen LogP contribution in [-0.2, 0) is 6.42 Å². The van der Waals surface area contributed by atoms with Crippen molar-refractivity contribution in [1.82, 2.24) is 4.57 Å². The van der Waals surface area contributed by atoms with Crippen LogP contribution < -0.4 is 5.56 Å². The maximum Gasteiger partial charge on any atom is 0.264 e. The highest BCUT2D eigenvalue weighted by atomic mass is 16.1. The molecule has 0 bridgehead atoms. The summed E-state index contributed by atoms with van der Waals surface area (Å²) in [6, 6.07) is 17.7. The quantitative estimate of drug-likeness (QED) is 0.655. The molecule has 0 amide bonds. The first-order chi connectivity index (χ1) is 10.8. The number of benzene rings is 2. The van der Waals surface area contributed by atoms with Crippen molar-refractivity contribution in [3.05, 3.63) is 76.2 Å². The van der Waals surface area contributed by atoms with Gasteiger partial charge in [-0.15, -0.1) is 5.92 Å². The molecule has 108 valence electrons. The molecule has 3 aromatic rings. The summed E-state index contributed by atoms with van der Waals surface area (Å²) in [7, 11) is 0. The molecule has 0 aliphatic heterocycles. The van der Waals surface area contributed by atoms with Crippen LogP contribution in [0.1, 0.15) is 25.1 Å². The Morgan fingerprint density at radius 3 is 2.50 bits per heavy atom. The third-order valence-electron chi connectivity index (χ3n) is 3.76. The summed E-state index contributed by atoms with van der Waals surface area (Å²) in [6.45, 7) is 3.85. The van der Waals surface area contributed by atoms with Crippen LogP contribution in [0.15, 0.2) is 59.4 Å². The molecule has 0 saturated heterocycles. The van der Waals surface area contributed by atoms with Crippen LogP contribution in [0.5, 0.6) is 0 Å². The number of fused-ring (bicyclic) bond motifs is 1. The van der Waals surface area contributed by atoms with Crippen LogP contribution in [0.3, 0.4) is 0 Å². The van der Waals surface area contributed by atoms with E-state index in [-0.39, 0.29) is 5.56 Å². The van der Waals surface area contributed by atoms with Crippen LogP contribution in [0, 0.1) is 11.8 Å². The van der Waals surface area contributed by atoms with Crippen LogP contribution in [0.2, 0.25) is 0 Å². The molecule has 0 radical (unpaired) electrons. The molecule has 0 saturated carbocycles. The first kappa shape index (κ1) is 14.2. The summed E-state index contributed by atoms with van der Waals surface area (Å²) < 4.78 is 1.79. The summed E-state index contributed by atoms with van der Waals surface area (Å²) in [5.74, 6) is 5.94. The highest BCUT2D eigenvalue weighted by molar-refractivity contribution is 5.88. The predicted molar refractivity (Wildman–Crippen MR) is 91.5 cm³/mol. The van der Waals surface area contributed by atoms with Gasteiger partial charge in [0.15, 0.2) is 0 Å².